The average molecular weight is 296 g/mol. The Bertz CT molecular complexity index is 425. The fourth-order valence-electron chi connectivity index (χ4n) is 2.10. The fraction of sp³-hybridized carbons (Fsp3) is 0.692. The molecular formula is C13H18BrN3. The molecule has 2 aliphatic rings. The Morgan fingerprint density at radius 3 is 2.59 bits per heavy atom. The van der Waals surface area contributed by atoms with E-state index in [9.17, 15) is 0 Å². The van der Waals surface area contributed by atoms with Crippen molar-refractivity contribution < 1.29 is 0 Å². The van der Waals surface area contributed by atoms with Crippen LogP contribution in [0.4, 0.5) is 5.82 Å². The quantitative estimate of drug-likeness (QED) is 0.903. The van der Waals surface area contributed by atoms with E-state index >= 15 is 0 Å². The van der Waals surface area contributed by atoms with Crippen molar-refractivity contribution in [2.75, 3.05) is 11.9 Å². The lowest BCUT2D eigenvalue weighted by Crippen LogP contribution is -2.08. The second-order valence-electron chi connectivity index (χ2n) is 5.14. The molecule has 4 heteroatoms. The van der Waals surface area contributed by atoms with E-state index in [-0.39, 0.29) is 0 Å². The van der Waals surface area contributed by atoms with E-state index in [2.05, 4.69) is 33.2 Å². The summed E-state index contributed by atoms with van der Waals surface area (Å²) in [7, 11) is 0. The Hall–Kier alpha value is -0.640. The predicted molar refractivity (Wildman–Crippen MR) is 72.3 cm³/mol. The van der Waals surface area contributed by atoms with Gasteiger partial charge in [0.1, 0.15) is 11.6 Å². The van der Waals surface area contributed by atoms with Gasteiger partial charge in [-0.3, -0.25) is 0 Å². The highest BCUT2D eigenvalue weighted by atomic mass is 79.9. The van der Waals surface area contributed by atoms with Crippen LogP contribution >= 0.6 is 15.9 Å². The zero-order valence-corrected chi connectivity index (χ0v) is 11.8. The second kappa shape index (κ2) is 4.56. The topological polar surface area (TPSA) is 37.8 Å². The molecule has 0 unspecified atom stereocenters. The molecule has 1 heterocycles. The summed E-state index contributed by atoms with van der Waals surface area (Å²) in [5.41, 5.74) is 1.23. The highest BCUT2D eigenvalue weighted by molar-refractivity contribution is 9.10. The Morgan fingerprint density at radius 1 is 1.24 bits per heavy atom. The minimum Gasteiger partial charge on any atom is -0.369 e. The molecular weight excluding hydrogens is 278 g/mol. The minimum absolute atomic E-state index is 0.669. The molecule has 0 aliphatic heterocycles. The van der Waals surface area contributed by atoms with Gasteiger partial charge < -0.3 is 5.32 Å². The number of hydrogen-bond donors (Lipinski definition) is 1. The molecule has 0 atom stereocenters. The number of hydrogen-bond acceptors (Lipinski definition) is 3. The van der Waals surface area contributed by atoms with Gasteiger partial charge in [0.25, 0.3) is 0 Å². The van der Waals surface area contributed by atoms with E-state index in [1.807, 2.05) is 0 Å². The molecule has 0 amide bonds. The van der Waals surface area contributed by atoms with Crippen LogP contribution in [-0.2, 0) is 6.42 Å². The van der Waals surface area contributed by atoms with Gasteiger partial charge in [-0.2, -0.15) is 0 Å². The zero-order chi connectivity index (χ0) is 11.8. The molecule has 0 radical (unpaired) electrons. The predicted octanol–water partition coefficient (Wildman–Crippen LogP) is 3.50. The highest BCUT2D eigenvalue weighted by Crippen LogP contribution is 2.44. The van der Waals surface area contributed by atoms with Crippen molar-refractivity contribution >= 4 is 21.7 Å². The summed E-state index contributed by atoms with van der Waals surface area (Å²) in [5, 5.41) is 3.33. The first-order chi connectivity index (χ1) is 8.28. The smallest absolute Gasteiger partial charge is 0.144 e. The van der Waals surface area contributed by atoms with Gasteiger partial charge in [0.15, 0.2) is 0 Å². The Labute approximate surface area is 111 Å². The number of anilines is 1. The highest BCUT2D eigenvalue weighted by Gasteiger charge is 2.30. The van der Waals surface area contributed by atoms with Crippen LogP contribution in [0.5, 0.6) is 0 Å². The fourth-order valence-corrected chi connectivity index (χ4v) is 2.74. The Morgan fingerprint density at radius 2 is 2.00 bits per heavy atom. The van der Waals surface area contributed by atoms with Gasteiger partial charge in [-0.1, -0.05) is 0 Å². The molecule has 2 aliphatic carbocycles. The van der Waals surface area contributed by atoms with Crippen LogP contribution in [0, 0.1) is 5.92 Å². The molecule has 1 aromatic heterocycles. The second-order valence-corrected chi connectivity index (χ2v) is 5.93. The number of aromatic nitrogens is 2. The molecule has 1 aromatic rings. The van der Waals surface area contributed by atoms with Gasteiger partial charge in [0.05, 0.1) is 10.2 Å². The van der Waals surface area contributed by atoms with Crippen molar-refractivity contribution in [1.29, 1.82) is 0 Å². The van der Waals surface area contributed by atoms with Gasteiger partial charge in [-0.15, -0.1) is 0 Å². The summed E-state index contributed by atoms with van der Waals surface area (Å²) in [5.74, 6) is 3.54. The van der Waals surface area contributed by atoms with Crippen LogP contribution in [0.25, 0.3) is 0 Å². The van der Waals surface area contributed by atoms with E-state index in [0.717, 1.165) is 35.0 Å². The molecule has 0 aromatic carbocycles. The Kier molecular flexibility index (Phi) is 3.07. The molecule has 0 bridgehead atoms. The first-order valence-electron chi connectivity index (χ1n) is 6.58. The van der Waals surface area contributed by atoms with Gasteiger partial charge >= 0.3 is 0 Å². The van der Waals surface area contributed by atoms with E-state index in [1.54, 1.807) is 0 Å². The first-order valence-corrected chi connectivity index (χ1v) is 7.37. The lowest BCUT2D eigenvalue weighted by Gasteiger charge is -2.11. The van der Waals surface area contributed by atoms with Crippen molar-refractivity contribution in [2.45, 2.75) is 44.9 Å². The molecule has 0 spiro atoms. The van der Waals surface area contributed by atoms with Crippen LogP contribution in [0.2, 0.25) is 0 Å². The van der Waals surface area contributed by atoms with E-state index in [0.29, 0.717) is 5.92 Å². The van der Waals surface area contributed by atoms with Crippen LogP contribution in [-0.4, -0.2) is 16.5 Å². The van der Waals surface area contributed by atoms with E-state index < -0.39 is 0 Å². The van der Waals surface area contributed by atoms with Crippen LogP contribution in [0.3, 0.4) is 0 Å². The zero-order valence-electron chi connectivity index (χ0n) is 10.2. The third-order valence-electron chi connectivity index (χ3n) is 3.40. The average Bonchev–Trinajstić information content (AvgIpc) is 3.14. The van der Waals surface area contributed by atoms with Crippen LogP contribution < -0.4 is 5.32 Å². The molecule has 0 saturated heterocycles. The summed E-state index contributed by atoms with van der Waals surface area (Å²) >= 11 is 3.65. The minimum atomic E-state index is 0.669. The van der Waals surface area contributed by atoms with E-state index in [4.69, 9.17) is 4.98 Å². The summed E-state index contributed by atoms with van der Waals surface area (Å²) in [6.45, 7) is 3.01. The SMILES string of the molecule is CCNc1nc(CC2CC2)nc(C2CC2)c1Br. The summed E-state index contributed by atoms with van der Waals surface area (Å²) < 4.78 is 1.08. The maximum Gasteiger partial charge on any atom is 0.144 e. The third kappa shape index (κ3) is 2.62. The molecule has 1 N–H and O–H groups in total. The number of nitrogens with one attached hydrogen (secondary N) is 1. The number of rotatable bonds is 5. The first kappa shape index (κ1) is 11.5. The van der Waals surface area contributed by atoms with Crippen molar-refractivity contribution in [3.05, 3.63) is 16.0 Å². The molecule has 3 nitrogen and oxygen atoms in total. The molecule has 2 fully saturated rings. The summed E-state index contributed by atoms with van der Waals surface area (Å²) in [6.07, 6.45) is 6.34. The van der Waals surface area contributed by atoms with E-state index in [1.165, 1.54) is 31.4 Å². The van der Waals surface area contributed by atoms with Gasteiger partial charge in [-0.05, 0) is 54.5 Å². The van der Waals surface area contributed by atoms with Gasteiger partial charge in [0.2, 0.25) is 0 Å². The number of nitrogens with zero attached hydrogens (tertiary/aromatic N) is 2. The normalized spacial score (nSPS) is 19.4. The molecule has 92 valence electrons. The van der Waals surface area contributed by atoms with Gasteiger partial charge in [-0.25, -0.2) is 9.97 Å². The standard InChI is InChI=1S/C13H18BrN3/c1-2-15-13-11(14)12(9-5-6-9)16-10(17-13)7-8-3-4-8/h8-9H,2-7H2,1H3,(H,15,16,17). The Balaban J connectivity index is 1.91. The summed E-state index contributed by atoms with van der Waals surface area (Å²) in [6, 6.07) is 0. The van der Waals surface area contributed by atoms with Crippen molar-refractivity contribution in [1.82, 2.24) is 9.97 Å². The van der Waals surface area contributed by atoms with Crippen LogP contribution in [0.1, 0.15) is 50.0 Å². The largest absolute Gasteiger partial charge is 0.369 e. The lowest BCUT2D eigenvalue weighted by atomic mass is 10.2. The summed E-state index contributed by atoms with van der Waals surface area (Å²) in [4.78, 5) is 9.40. The van der Waals surface area contributed by atoms with Crippen molar-refractivity contribution in [3.8, 4) is 0 Å². The monoisotopic (exact) mass is 295 g/mol. The maximum absolute atomic E-state index is 4.76. The number of halogens is 1. The molecule has 17 heavy (non-hydrogen) atoms. The van der Waals surface area contributed by atoms with Gasteiger partial charge in [0, 0.05) is 18.9 Å². The molecule has 3 rings (SSSR count). The van der Waals surface area contributed by atoms with Crippen molar-refractivity contribution in [3.63, 3.8) is 0 Å². The molecule has 2 saturated carbocycles. The maximum atomic E-state index is 4.76. The lowest BCUT2D eigenvalue weighted by molar-refractivity contribution is 0.754. The van der Waals surface area contributed by atoms with Crippen molar-refractivity contribution in [2.24, 2.45) is 5.92 Å². The van der Waals surface area contributed by atoms with Crippen LogP contribution in [0.15, 0.2) is 4.47 Å². The third-order valence-corrected chi connectivity index (χ3v) is 4.18.